The van der Waals surface area contributed by atoms with Gasteiger partial charge in [0.15, 0.2) is 0 Å². The molecule has 2 aromatic carbocycles. The average Bonchev–Trinajstić information content (AvgIpc) is 2.70. The fourth-order valence-corrected chi connectivity index (χ4v) is 3.09. The number of nitrogens with one attached hydrogen (secondary N) is 2. The quantitative estimate of drug-likeness (QED) is 0.370. The molecule has 0 spiro atoms. The third kappa shape index (κ3) is 6.93. The van der Waals surface area contributed by atoms with Crippen LogP contribution in [-0.2, 0) is 11.3 Å². The smallest absolute Gasteiger partial charge is 0.122 e. The van der Waals surface area contributed by atoms with Crippen molar-refractivity contribution in [3.05, 3.63) is 59.2 Å². The van der Waals surface area contributed by atoms with E-state index in [0.717, 1.165) is 18.7 Å². The topological polar surface area (TPSA) is 114 Å². The van der Waals surface area contributed by atoms with Crippen molar-refractivity contribution in [3.63, 3.8) is 0 Å². The number of halogens is 1. The van der Waals surface area contributed by atoms with Crippen LogP contribution in [0.1, 0.15) is 43.5 Å². The molecule has 0 saturated heterocycles. The summed E-state index contributed by atoms with van der Waals surface area (Å²) in [6.45, 7) is 9.06. The summed E-state index contributed by atoms with van der Waals surface area (Å²) in [7, 11) is 0. The van der Waals surface area contributed by atoms with Crippen LogP contribution in [0, 0.1) is 5.41 Å². The number of nitrogens with two attached hydrogens (primary N) is 1. The second-order valence-corrected chi connectivity index (χ2v) is 6.69. The van der Waals surface area contributed by atoms with Gasteiger partial charge in [0, 0.05) is 17.8 Å². The minimum atomic E-state index is -1.23. The third-order valence-electron chi connectivity index (χ3n) is 4.68. The Hall–Kier alpha value is -2.77. The van der Waals surface area contributed by atoms with Gasteiger partial charge in [0.05, 0.1) is 18.6 Å². The standard InChI is InChI=1S/C22H30N4O3.ClH/c1-4-26(5-2)14-15-11-17(13-19(12-15)29-6-3)20(22(27)28)25-18-9-7-16(8-10-18)21(23)24;/h7-13,20,25H,4-6,14H2,1-3H3,(H3,23,24)(H,27,28);1H/p-1. The van der Waals surface area contributed by atoms with Gasteiger partial charge < -0.3 is 25.7 Å². The van der Waals surface area contributed by atoms with E-state index in [1.54, 1.807) is 30.3 Å². The van der Waals surface area contributed by atoms with E-state index in [0.29, 0.717) is 35.7 Å². The Morgan fingerprint density at radius 3 is 2.30 bits per heavy atom. The predicted octanol–water partition coefficient (Wildman–Crippen LogP) is 2.54. The first-order valence-electron chi connectivity index (χ1n) is 9.78. The molecular formula is C22H30ClN4O3-. The molecule has 4 N–H and O–H groups in total. The number of carbonyl (C=O) groups is 1. The van der Waals surface area contributed by atoms with Gasteiger partial charge in [-0.25, -0.2) is 0 Å². The summed E-state index contributed by atoms with van der Waals surface area (Å²) in [5.41, 5.74) is 8.18. The number of rotatable bonds is 11. The van der Waals surface area contributed by atoms with Crippen LogP contribution in [0.25, 0.3) is 0 Å². The second-order valence-electron chi connectivity index (χ2n) is 6.69. The lowest BCUT2D eigenvalue weighted by molar-refractivity contribution is -0.307. The first kappa shape index (κ1) is 25.3. The highest BCUT2D eigenvalue weighted by Gasteiger charge is 2.16. The summed E-state index contributed by atoms with van der Waals surface area (Å²) < 4.78 is 5.66. The summed E-state index contributed by atoms with van der Waals surface area (Å²) in [4.78, 5) is 14.2. The first-order valence-corrected chi connectivity index (χ1v) is 9.78. The highest BCUT2D eigenvalue weighted by Crippen LogP contribution is 2.26. The Bertz CT molecular complexity index is 839. The maximum Gasteiger partial charge on any atom is 0.122 e. The molecule has 0 amide bonds. The second kappa shape index (κ2) is 12.0. The molecule has 0 radical (unpaired) electrons. The van der Waals surface area contributed by atoms with E-state index in [1.807, 2.05) is 19.1 Å². The number of nitrogens with zero attached hydrogens (tertiary/aromatic N) is 1. The number of carboxylic acids is 1. The molecule has 7 nitrogen and oxygen atoms in total. The van der Waals surface area contributed by atoms with E-state index in [9.17, 15) is 9.90 Å². The van der Waals surface area contributed by atoms with E-state index >= 15 is 0 Å². The largest absolute Gasteiger partial charge is 0.548 e. The third-order valence-corrected chi connectivity index (χ3v) is 4.68. The first-order chi connectivity index (χ1) is 13.9. The lowest BCUT2D eigenvalue weighted by Crippen LogP contribution is -2.34. The van der Waals surface area contributed by atoms with Crippen LogP contribution in [0.3, 0.4) is 0 Å². The SMILES string of the molecule is CCOc1cc(CN(CC)CC)cc(C(Nc2ccc(C(=N)N)cc2)C(=O)[O-])c1.Cl. The number of hydrogen-bond acceptors (Lipinski definition) is 6. The molecule has 0 aliphatic heterocycles. The number of carboxylic acid groups (broad SMARTS) is 1. The molecule has 2 rings (SSSR count). The van der Waals surface area contributed by atoms with Gasteiger partial charge in [0.2, 0.25) is 0 Å². The molecule has 2 aromatic rings. The van der Waals surface area contributed by atoms with Gasteiger partial charge in [-0.1, -0.05) is 19.9 Å². The maximum absolute atomic E-state index is 11.9. The Morgan fingerprint density at radius 2 is 1.80 bits per heavy atom. The van der Waals surface area contributed by atoms with E-state index in [1.165, 1.54) is 0 Å². The van der Waals surface area contributed by atoms with Crippen LogP contribution in [-0.4, -0.2) is 36.4 Å². The molecule has 30 heavy (non-hydrogen) atoms. The number of hydrogen-bond donors (Lipinski definition) is 3. The Morgan fingerprint density at radius 1 is 1.17 bits per heavy atom. The van der Waals surface area contributed by atoms with Gasteiger partial charge in [0.25, 0.3) is 0 Å². The van der Waals surface area contributed by atoms with Gasteiger partial charge in [0.1, 0.15) is 11.6 Å². The van der Waals surface area contributed by atoms with Crippen LogP contribution in [0.15, 0.2) is 42.5 Å². The minimum Gasteiger partial charge on any atom is -0.548 e. The molecular weight excluding hydrogens is 404 g/mol. The molecule has 8 heteroatoms. The highest BCUT2D eigenvalue weighted by molar-refractivity contribution is 5.95. The minimum absolute atomic E-state index is 0. The molecule has 0 aliphatic rings. The molecule has 0 heterocycles. The molecule has 0 aromatic heterocycles. The molecule has 1 unspecified atom stereocenters. The van der Waals surface area contributed by atoms with Crippen molar-refractivity contribution >= 4 is 29.9 Å². The zero-order valence-corrected chi connectivity index (χ0v) is 18.4. The van der Waals surface area contributed by atoms with E-state index in [2.05, 4.69) is 24.1 Å². The normalized spacial score (nSPS) is 11.5. The summed E-state index contributed by atoms with van der Waals surface area (Å²) in [5, 5.41) is 22.4. The fourth-order valence-electron chi connectivity index (χ4n) is 3.09. The van der Waals surface area contributed by atoms with E-state index in [-0.39, 0.29) is 18.2 Å². The van der Waals surface area contributed by atoms with Crippen molar-refractivity contribution in [1.29, 1.82) is 5.41 Å². The van der Waals surface area contributed by atoms with Crippen LogP contribution in [0.5, 0.6) is 5.75 Å². The Labute approximate surface area is 184 Å². The molecule has 0 aliphatic carbocycles. The predicted molar refractivity (Wildman–Crippen MR) is 120 cm³/mol. The van der Waals surface area contributed by atoms with Gasteiger partial charge in [-0.2, -0.15) is 0 Å². The van der Waals surface area contributed by atoms with Crippen molar-refractivity contribution < 1.29 is 14.6 Å². The Balaban J connectivity index is 0.00000450. The molecule has 0 fully saturated rings. The molecule has 1 atom stereocenters. The number of amidine groups is 1. The summed E-state index contributed by atoms with van der Waals surface area (Å²) in [5.74, 6) is -0.645. The molecule has 0 bridgehead atoms. The lowest BCUT2D eigenvalue weighted by Gasteiger charge is -2.24. The van der Waals surface area contributed by atoms with Crippen LogP contribution in [0.2, 0.25) is 0 Å². The van der Waals surface area contributed by atoms with E-state index < -0.39 is 12.0 Å². The summed E-state index contributed by atoms with van der Waals surface area (Å²) in [6.07, 6.45) is 0. The van der Waals surface area contributed by atoms with Crippen molar-refractivity contribution in [2.24, 2.45) is 5.73 Å². The Kier molecular flexibility index (Phi) is 10.1. The summed E-state index contributed by atoms with van der Waals surface area (Å²) in [6, 6.07) is 11.2. The number of benzene rings is 2. The zero-order valence-electron chi connectivity index (χ0n) is 17.6. The van der Waals surface area contributed by atoms with Gasteiger partial charge in [-0.3, -0.25) is 10.3 Å². The summed E-state index contributed by atoms with van der Waals surface area (Å²) >= 11 is 0. The van der Waals surface area contributed by atoms with E-state index in [4.69, 9.17) is 15.9 Å². The number of aliphatic carboxylic acids is 1. The average molecular weight is 434 g/mol. The van der Waals surface area contributed by atoms with Crippen molar-refractivity contribution in [1.82, 2.24) is 4.90 Å². The number of anilines is 1. The van der Waals surface area contributed by atoms with Crippen molar-refractivity contribution in [2.75, 3.05) is 25.0 Å². The zero-order chi connectivity index (χ0) is 21.4. The number of nitrogen functional groups attached to an aromatic ring is 1. The van der Waals surface area contributed by atoms with Crippen molar-refractivity contribution in [2.45, 2.75) is 33.4 Å². The number of carbonyl (C=O) groups excluding carboxylic acids is 1. The van der Waals surface area contributed by atoms with Crippen LogP contribution < -0.4 is 20.9 Å². The molecule has 0 saturated carbocycles. The van der Waals surface area contributed by atoms with Crippen LogP contribution in [0.4, 0.5) is 5.69 Å². The monoisotopic (exact) mass is 433 g/mol. The highest BCUT2D eigenvalue weighted by atomic mass is 35.5. The lowest BCUT2D eigenvalue weighted by atomic mass is 10.0. The van der Waals surface area contributed by atoms with Crippen molar-refractivity contribution in [3.8, 4) is 5.75 Å². The van der Waals surface area contributed by atoms with Gasteiger partial charge in [-0.05, 0) is 67.5 Å². The maximum atomic E-state index is 11.9. The molecule has 164 valence electrons. The van der Waals surface area contributed by atoms with Crippen LogP contribution >= 0.6 is 12.4 Å². The number of ether oxygens (including phenoxy) is 1. The van der Waals surface area contributed by atoms with Gasteiger partial charge >= 0.3 is 0 Å². The van der Waals surface area contributed by atoms with Gasteiger partial charge in [-0.15, -0.1) is 12.4 Å². The fraction of sp³-hybridized carbons (Fsp3) is 0.364.